The number of hydrogen-bond acceptors (Lipinski definition) is 3. The van der Waals surface area contributed by atoms with Gasteiger partial charge in [-0.05, 0) is 27.2 Å². The lowest BCUT2D eigenvalue weighted by molar-refractivity contribution is -0.131. The first kappa shape index (κ1) is 12.8. The van der Waals surface area contributed by atoms with Crippen LogP contribution in [-0.4, -0.2) is 29.7 Å². The fourth-order valence-corrected chi connectivity index (χ4v) is 1.59. The molecular formula is C11H20N2O3. The molecule has 5 heteroatoms. The van der Waals surface area contributed by atoms with Gasteiger partial charge >= 0.3 is 6.09 Å². The highest BCUT2D eigenvalue weighted by Crippen LogP contribution is 2.13. The van der Waals surface area contributed by atoms with Crippen molar-refractivity contribution >= 4 is 12.0 Å². The first-order valence-corrected chi connectivity index (χ1v) is 5.63. The van der Waals surface area contributed by atoms with Gasteiger partial charge in [0.05, 0.1) is 6.04 Å². The molecule has 1 aliphatic heterocycles. The van der Waals surface area contributed by atoms with Crippen LogP contribution in [0.4, 0.5) is 4.79 Å². The van der Waals surface area contributed by atoms with E-state index in [4.69, 9.17) is 4.74 Å². The van der Waals surface area contributed by atoms with Gasteiger partial charge in [-0.2, -0.15) is 0 Å². The molecule has 1 saturated heterocycles. The highest BCUT2D eigenvalue weighted by molar-refractivity contribution is 5.92. The minimum atomic E-state index is -0.537. The number of alkyl carbamates (subject to hydrolysis) is 1. The molecule has 2 atom stereocenters. The summed E-state index contributed by atoms with van der Waals surface area (Å²) in [6, 6.07) is -0.389. The van der Waals surface area contributed by atoms with Crippen LogP contribution in [0.25, 0.3) is 0 Å². The summed E-state index contributed by atoms with van der Waals surface area (Å²) >= 11 is 0. The number of carbonyl (C=O) groups excluding carboxylic acids is 2. The van der Waals surface area contributed by atoms with E-state index in [9.17, 15) is 9.59 Å². The summed E-state index contributed by atoms with van der Waals surface area (Å²) in [5.74, 6) is -0.135. The van der Waals surface area contributed by atoms with Crippen molar-refractivity contribution in [2.45, 2.75) is 58.2 Å². The van der Waals surface area contributed by atoms with Crippen molar-refractivity contribution in [2.24, 2.45) is 0 Å². The van der Waals surface area contributed by atoms with Crippen LogP contribution in [0.2, 0.25) is 0 Å². The third-order valence-electron chi connectivity index (χ3n) is 2.28. The second kappa shape index (κ2) is 4.72. The van der Waals surface area contributed by atoms with E-state index in [1.165, 1.54) is 0 Å². The second-order valence-electron chi connectivity index (χ2n) is 5.03. The fraction of sp³-hybridized carbons (Fsp3) is 0.818. The summed E-state index contributed by atoms with van der Waals surface area (Å²) < 4.78 is 5.09. The summed E-state index contributed by atoms with van der Waals surface area (Å²) in [7, 11) is 0. The molecule has 0 bridgehead atoms. The maximum atomic E-state index is 11.4. The van der Waals surface area contributed by atoms with Gasteiger partial charge in [-0.1, -0.05) is 13.3 Å². The van der Waals surface area contributed by atoms with Gasteiger partial charge < -0.3 is 15.4 Å². The van der Waals surface area contributed by atoms with Crippen LogP contribution < -0.4 is 10.6 Å². The average Bonchev–Trinajstić information content (AvgIpc) is 2.11. The number of rotatable bonds is 3. The lowest BCUT2D eigenvalue weighted by Crippen LogP contribution is -2.69. The van der Waals surface area contributed by atoms with Crippen LogP contribution in [0.15, 0.2) is 0 Å². The van der Waals surface area contributed by atoms with Crippen LogP contribution in [0.1, 0.15) is 40.5 Å². The lowest BCUT2D eigenvalue weighted by atomic mass is 9.95. The summed E-state index contributed by atoms with van der Waals surface area (Å²) in [6.45, 7) is 7.40. The molecule has 0 aromatic rings. The molecule has 2 amide bonds. The topological polar surface area (TPSA) is 67.4 Å². The third-order valence-corrected chi connectivity index (χ3v) is 2.28. The predicted molar refractivity (Wildman–Crippen MR) is 60.0 cm³/mol. The Bertz CT molecular complexity index is 283. The summed E-state index contributed by atoms with van der Waals surface area (Å²) in [6.07, 6.45) is 1.30. The molecule has 16 heavy (non-hydrogen) atoms. The van der Waals surface area contributed by atoms with Gasteiger partial charge in [-0.15, -0.1) is 0 Å². The molecule has 1 rings (SSSR count). The zero-order valence-corrected chi connectivity index (χ0v) is 10.3. The summed E-state index contributed by atoms with van der Waals surface area (Å²) in [5, 5.41) is 5.34. The van der Waals surface area contributed by atoms with E-state index in [0.717, 1.165) is 12.8 Å². The Balaban J connectivity index is 2.41. The Morgan fingerprint density at radius 3 is 2.56 bits per heavy atom. The van der Waals surface area contributed by atoms with Crippen LogP contribution >= 0.6 is 0 Å². The number of hydrogen-bond donors (Lipinski definition) is 2. The average molecular weight is 228 g/mol. The SMILES string of the molecule is CCC[C@H]1NC(=O)[C@H]1NC(=O)OC(C)(C)C. The molecule has 1 fully saturated rings. The van der Waals surface area contributed by atoms with Crippen LogP contribution in [0.5, 0.6) is 0 Å². The van der Waals surface area contributed by atoms with E-state index in [2.05, 4.69) is 10.6 Å². The van der Waals surface area contributed by atoms with E-state index in [1.807, 2.05) is 6.92 Å². The molecule has 5 nitrogen and oxygen atoms in total. The first-order valence-electron chi connectivity index (χ1n) is 5.63. The molecule has 0 aliphatic carbocycles. The van der Waals surface area contributed by atoms with Crippen molar-refractivity contribution in [3.05, 3.63) is 0 Å². The highest BCUT2D eigenvalue weighted by Gasteiger charge is 2.40. The summed E-state index contributed by atoms with van der Waals surface area (Å²) in [5.41, 5.74) is -0.537. The Morgan fingerprint density at radius 1 is 1.50 bits per heavy atom. The maximum Gasteiger partial charge on any atom is 0.408 e. The molecule has 0 spiro atoms. The molecule has 92 valence electrons. The minimum Gasteiger partial charge on any atom is -0.444 e. The van der Waals surface area contributed by atoms with Crippen molar-refractivity contribution < 1.29 is 14.3 Å². The van der Waals surface area contributed by atoms with Crippen molar-refractivity contribution in [2.75, 3.05) is 0 Å². The number of amides is 2. The lowest BCUT2D eigenvalue weighted by Gasteiger charge is -2.37. The van der Waals surface area contributed by atoms with Gasteiger partial charge in [0.15, 0.2) is 0 Å². The van der Waals surface area contributed by atoms with E-state index < -0.39 is 17.7 Å². The standard InChI is InChI=1S/C11H20N2O3/c1-5-6-7-8(9(14)12-7)13-10(15)16-11(2,3)4/h7-8H,5-6H2,1-4H3,(H,12,14)(H,13,15)/t7-,8+/m1/s1. The zero-order chi connectivity index (χ0) is 12.3. The fourth-order valence-electron chi connectivity index (χ4n) is 1.59. The highest BCUT2D eigenvalue weighted by atomic mass is 16.6. The number of nitrogens with one attached hydrogen (secondary N) is 2. The number of ether oxygens (including phenoxy) is 1. The molecule has 0 saturated carbocycles. The van der Waals surface area contributed by atoms with Gasteiger partial charge in [0, 0.05) is 0 Å². The monoisotopic (exact) mass is 228 g/mol. The van der Waals surface area contributed by atoms with Crippen molar-refractivity contribution in [3.63, 3.8) is 0 Å². The van der Waals surface area contributed by atoms with Crippen molar-refractivity contribution in [1.82, 2.24) is 10.6 Å². The second-order valence-corrected chi connectivity index (χ2v) is 5.03. The van der Waals surface area contributed by atoms with Gasteiger partial charge in [-0.3, -0.25) is 4.79 Å². The molecular weight excluding hydrogens is 208 g/mol. The van der Waals surface area contributed by atoms with Crippen LogP contribution in [0, 0.1) is 0 Å². The molecule has 1 heterocycles. The van der Waals surface area contributed by atoms with E-state index >= 15 is 0 Å². The molecule has 0 aromatic carbocycles. The van der Waals surface area contributed by atoms with Crippen molar-refractivity contribution in [1.29, 1.82) is 0 Å². The molecule has 0 aromatic heterocycles. The Morgan fingerprint density at radius 2 is 2.12 bits per heavy atom. The van der Waals surface area contributed by atoms with Gasteiger partial charge in [0.1, 0.15) is 11.6 Å². The van der Waals surface area contributed by atoms with Gasteiger partial charge in [0.2, 0.25) is 5.91 Å². The number of β-lactam (4-membered cyclic amide) rings is 1. The van der Waals surface area contributed by atoms with Crippen molar-refractivity contribution in [3.8, 4) is 0 Å². The summed E-state index contributed by atoms with van der Waals surface area (Å²) in [4.78, 5) is 22.7. The van der Waals surface area contributed by atoms with E-state index in [0.29, 0.717) is 0 Å². The maximum absolute atomic E-state index is 11.4. The molecule has 1 aliphatic rings. The molecule has 0 unspecified atom stereocenters. The van der Waals surface area contributed by atoms with E-state index in [-0.39, 0.29) is 11.9 Å². The quantitative estimate of drug-likeness (QED) is 0.713. The Hall–Kier alpha value is -1.26. The van der Waals surface area contributed by atoms with Crippen LogP contribution in [-0.2, 0) is 9.53 Å². The first-order chi connectivity index (χ1) is 7.33. The number of carbonyl (C=O) groups is 2. The molecule has 2 N–H and O–H groups in total. The van der Waals surface area contributed by atoms with Crippen LogP contribution in [0.3, 0.4) is 0 Å². The smallest absolute Gasteiger partial charge is 0.408 e. The zero-order valence-electron chi connectivity index (χ0n) is 10.3. The normalized spacial score (nSPS) is 24.4. The Labute approximate surface area is 95.9 Å². The third kappa shape index (κ3) is 3.40. The Kier molecular flexibility index (Phi) is 3.78. The molecule has 0 radical (unpaired) electrons. The minimum absolute atomic E-state index is 0.0463. The predicted octanol–water partition coefficient (Wildman–Crippen LogP) is 1.18. The van der Waals surface area contributed by atoms with Gasteiger partial charge in [0.25, 0.3) is 0 Å². The van der Waals surface area contributed by atoms with E-state index in [1.54, 1.807) is 20.8 Å². The van der Waals surface area contributed by atoms with Gasteiger partial charge in [-0.25, -0.2) is 4.79 Å². The largest absolute Gasteiger partial charge is 0.444 e.